The molecule has 1 atom stereocenters. The first-order chi connectivity index (χ1) is 12.9. The number of phenols is 1. The minimum Gasteiger partial charge on any atom is -0.504 e. The van der Waals surface area contributed by atoms with E-state index in [1.165, 1.54) is 13.2 Å². The quantitative estimate of drug-likeness (QED) is 0.646. The normalized spacial score (nSPS) is 16.4. The maximum absolute atomic E-state index is 12.9. The van der Waals surface area contributed by atoms with E-state index >= 15 is 0 Å². The molecule has 1 heterocycles. The zero-order valence-electron chi connectivity index (χ0n) is 14.7. The Morgan fingerprint density at radius 1 is 1.26 bits per heavy atom. The summed E-state index contributed by atoms with van der Waals surface area (Å²) >= 11 is 5.96. The summed E-state index contributed by atoms with van der Waals surface area (Å²) < 4.78 is 5.13. The summed E-state index contributed by atoms with van der Waals surface area (Å²) in [6, 6.07) is 10.3. The molecule has 7 nitrogen and oxygen atoms in total. The van der Waals surface area contributed by atoms with Crippen molar-refractivity contribution in [3.05, 3.63) is 64.3 Å². The molecule has 0 saturated carbocycles. The zero-order valence-corrected chi connectivity index (χ0v) is 15.4. The van der Waals surface area contributed by atoms with Gasteiger partial charge in [-0.3, -0.25) is 4.79 Å². The number of allylic oxidation sites excluding steroid dienone is 1. The molecule has 1 aliphatic rings. The van der Waals surface area contributed by atoms with Gasteiger partial charge in [0.1, 0.15) is 0 Å². The average Bonchev–Trinajstić information content (AvgIpc) is 2.61. The van der Waals surface area contributed by atoms with E-state index in [0.29, 0.717) is 27.5 Å². The Hall–Kier alpha value is -3.19. The van der Waals surface area contributed by atoms with Crippen molar-refractivity contribution in [3.8, 4) is 11.5 Å². The number of rotatable bonds is 4. The fourth-order valence-electron chi connectivity index (χ4n) is 2.88. The first kappa shape index (κ1) is 18.6. The molecular formula is C19H18ClN3O4. The Labute approximate surface area is 161 Å². The molecule has 2 aromatic carbocycles. The van der Waals surface area contributed by atoms with Crippen molar-refractivity contribution in [1.29, 1.82) is 0 Å². The molecule has 0 bridgehead atoms. The molecule has 4 N–H and O–H groups in total. The zero-order chi connectivity index (χ0) is 19.6. The van der Waals surface area contributed by atoms with Gasteiger partial charge in [-0.1, -0.05) is 23.7 Å². The average molecular weight is 388 g/mol. The molecule has 0 aliphatic carbocycles. The molecule has 0 unspecified atom stereocenters. The Kier molecular flexibility index (Phi) is 5.23. The Balaban J connectivity index is 1.98. The number of ether oxygens (including phenoxy) is 1. The lowest BCUT2D eigenvalue weighted by atomic mass is 9.94. The molecular weight excluding hydrogens is 370 g/mol. The summed E-state index contributed by atoms with van der Waals surface area (Å²) in [7, 11) is 1.42. The Morgan fingerprint density at radius 2 is 2.04 bits per heavy atom. The summed E-state index contributed by atoms with van der Waals surface area (Å²) in [5.74, 6) is -0.181. The van der Waals surface area contributed by atoms with Crippen LogP contribution in [0.5, 0.6) is 11.5 Å². The topological polar surface area (TPSA) is 99.7 Å². The number of halogens is 1. The van der Waals surface area contributed by atoms with E-state index in [4.69, 9.17) is 16.3 Å². The van der Waals surface area contributed by atoms with Crippen LogP contribution in [0.3, 0.4) is 0 Å². The van der Waals surface area contributed by atoms with E-state index in [0.717, 1.165) is 0 Å². The van der Waals surface area contributed by atoms with Crippen molar-refractivity contribution in [2.24, 2.45) is 0 Å². The van der Waals surface area contributed by atoms with Crippen LogP contribution >= 0.6 is 11.6 Å². The van der Waals surface area contributed by atoms with Gasteiger partial charge < -0.3 is 25.8 Å². The van der Waals surface area contributed by atoms with Gasteiger partial charge in [0, 0.05) is 16.4 Å². The molecule has 0 fully saturated rings. The van der Waals surface area contributed by atoms with Crippen molar-refractivity contribution in [2.45, 2.75) is 13.0 Å². The van der Waals surface area contributed by atoms with Crippen molar-refractivity contribution >= 4 is 29.2 Å². The molecule has 1 aliphatic heterocycles. The smallest absolute Gasteiger partial charge is 0.319 e. The molecule has 0 aromatic heterocycles. The van der Waals surface area contributed by atoms with Gasteiger partial charge in [-0.25, -0.2) is 4.79 Å². The van der Waals surface area contributed by atoms with Crippen molar-refractivity contribution < 1.29 is 19.4 Å². The van der Waals surface area contributed by atoms with Gasteiger partial charge in [-0.05, 0) is 42.8 Å². The van der Waals surface area contributed by atoms with Crippen LogP contribution in [0.25, 0.3) is 0 Å². The standard InChI is InChI=1S/C19H18ClN3O4/c1-10-16(18(25)22-13-5-3-4-12(20)9-13)17(23-19(26)21-10)11-6-7-14(24)15(8-11)27-2/h3-9,17,24H,1-2H3,(H,22,25)(H2,21,23,26)/t17-/m0/s1. The summed E-state index contributed by atoms with van der Waals surface area (Å²) in [4.78, 5) is 24.9. The van der Waals surface area contributed by atoms with Crippen LogP contribution in [0, 0.1) is 0 Å². The summed E-state index contributed by atoms with van der Waals surface area (Å²) in [6.07, 6.45) is 0. The van der Waals surface area contributed by atoms with Crippen molar-refractivity contribution in [3.63, 3.8) is 0 Å². The third kappa shape index (κ3) is 3.98. The SMILES string of the molecule is COc1cc([C@@H]2NC(=O)NC(C)=C2C(=O)Nc2cccc(Cl)c2)ccc1O. The molecule has 0 saturated heterocycles. The second kappa shape index (κ2) is 7.59. The first-order valence-electron chi connectivity index (χ1n) is 8.11. The van der Waals surface area contributed by atoms with Gasteiger partial charge >= 0.3 is 6.03 Å². The third-order valence-electron chi connectivity index (χ3n) is 4.13. The molecule has 27 heavy (non-hydrogen) atoms. The number of nitrogens with one attached hydrogen (secondary N) is 3. The van der Waals surface area contributed by atoms with Crippen molar-refractivity contribution in [2.75, 3.05) is 12.4 Å². The van der Waals surface area contributed by atoms with Gasteiger partial charge in [0.05, 0.1) is 18.7 Å². The van der Waals surface area contributed by atoms with Crippen LogP contribution in [0.2, 0.25) is 5.02 Å². The van der Waals surface area contributed by atoms with E-state index in [9.17, 15) is 14.7 Å². The molecule has 0 radical (unpaired) electrons. The number of phenolic OH excluding ortho intramolecular Hbond substituents is 1. The van der Waals surface area contributed by atoms with Gasteiger partial charge in [0.15, 0.2) is 11.5 Å². The Morgan fingerprint density at radius 3 is 2.74 bits per heavy atom. The van der Waals surface area contributed by atoms with Gasteiger partial charge in [0.25, 0.3) is 5.91 Å². The highest BCUT2D eigenvalue weighted by Gasteiger charge is 2.31. The number of carbonyl (C=O) groups is 2. The lowest BCUT2D eigenvalue weighted by Gasteiger charge is -2.29. The number of amides is 3. The number of methoxy groups -OCH3 is 1. The largest absolute Gasteiger partial charge is 0.504 e. The molecule has 8 heteroatoms. The number of urea groups is 1. The van der Waals surface area contributed by atoms with E-state index in [-0.39, 0.29) is 17.4 Å². The maximum atomic E-state index is 12.9. The fraction of sp³-hybridized carbons (Fsp3) is 0.158. The minimum atomic E-state index is -0.715. The van der Waals surface area contributed by atoms with E-state index < -0.39 is 12.1 Å². The minimum absolute atomic E-state index is 0.0351. The Bertz CT molecular complexity index is 942. The molecule has 0 spiro atoms. The van der Waals surface area contributed by atoms with E-state index in [2.05, 4.69) is 16.0 Å². The third-order valence-corrected chi connectivity index (χ3v) is 4.37. The highest BCUT2D eigenvalue weighted by Crippen LogP contribution is 2.33. The maximum Gasteiger partial charge on any atom is 0.319 e. The summed E-state index contributed by atoms with van der Waals surface area (Å²) in [5.41, 5.74) is 1.89. The molecule has 140 valence electrons. The first-order valence-corrected chi connectivity index (χ1v) is 8.49. The number of aromatic hydroxyl groups is 1. The summed E-state index contributed by atoms with van der Waals surface area (Å²) in [6.45, 7) is 1.65. The number of hydrogen-bond acceptors (Lipinski definition) is 4. The monoisotopic (exact) mass is 387 g/mol. The van der Waals surface area contributed by atoms with Gasteiger partial charge in [0.2, 0.25) is 0 Å². The molecule has 3 rings (SSSR count). The number of anilines is 1. The van der Waals surface area contributed by atoms with E-state index in [1.807, 2.05) is 0 Å². The lowest BCUT2D eigenvalue weighted by Crippen LogP contribution is -2.45. The number of benzene rings is 2. The fourth-order valence-corrected chi connectivity index (χ4v) is 3.07. The van der Waals surface area contributed by atoms with Crippen molar-refractivity contribution in [1.82, 2.24) is 10.6 Å². The summed E-state index contributed by atoms with van der Waals surface area (Å²) in [5, 5.41) is 18.4. The molecule has 3 amide bonds. The van der Waals surface area contributed by atoms with Crippen LogP contribution < -0.4 is 20.7 Å². The number of carbonyl (C=O) groups excluding carboxylic acids is 2. The predicted molar refractivity (Wildman–Crippen MR) is 102 cm³/mol. The van der Waals surface area contributed by atoms with Crippen LogP contribution in [0.1, 0.15) is 18.5 Å². The lowest BCUT2D eigenvalue weighted by molar-refractivity contribution is -0.113. The van der Waals surface area contributed by atoms with Crippen LogP contribution in [0.4, 0.5) is 10.5 Å². The van der Waals surface area contributed by atoms with Crippen LogP contribution in [-0.2, 0) is 4.79 Å². The van der Waals surface area contributed by atoms with Crippen LogP contribution in [0.15, 0.2) is 53.7 Å². The van der Waals surface area contributed by atoms with Gasteiger partial charge in [-0.2, -0.15) is 0 Å². The predicted octanol–water partition coefficient (Wildman–Crippen LogP) is 3.32. The second-order valence-electron chi connectivity index (χ2n) is 5.97. The highest BCUT2D eigenvalue weighted by molar-refractivity contribution is 6.31. The molecule has 2 aromatic rings. The second-order valence-corrected chi connectivity index (χ2v) is 6.40. The highest BCUT2D eigenvalue weighted by atomic mass is 35.5. The van der Waals surface area contributed by atoms with E-state index in [1.54, 1.807) is 43.3 Å². The van der Waals surface area contributed by atoms with Gasteiger partial charge in [-0.15, -0.1) is 0 Å². The number of hydrogen-bond donors (Lipinski definition) is 4. The van der Waals surface area contributed by atoms with Crippen LogP contribution in [-0.4, -0.2) is 24.2 Å².